The molecule has 0 unspecified atom stereocenters. The molecular formula is C7H11IN2S. The summed E-state index contributed by atoms with van der Waals surface area (Å²) in [5, 5.41) is 6.56. The molecule has 2 nitrogen and oxygen atoms in total. The van der Waals surface area contributed by atoms with Gasteiger partial charge >= 0.3 is 0 Å². The molecule has 1 heterocycles. The predicted octanol–water partition coefficient (Wildman–Crippen LogP) is 1.98. The average molecular weight is 282 g/mol. The second-order valence-corrected chi connectivity index (χ2v) is 4.36. The average Bonchev–Trinajstić information content (AvgIpc) is 2.37. The Morgan fingerprint density at radius 1 is 1.73 bits per heavy atom. The zero-order chi connectivity index (χ0) is 8.10. The molecule has 1 N–H and O–H groups in total. The molecule has 0 aliphatic carbocycles. The second kappa shape index (κ2) is 5.05. The molecule has 0 saturated carbocycles. The van der Waals surface area contributed by atoms with E-state index in [2.05, 4.69) is 38.3 Å². The quantitative estimate of drug-likeness (QED) is 0.519. The fourth-order valence-electron chi connectivity index (χ4n) is 0.773. The molecular weight excluding hydrogens is 271 g/mol. The number of nitrogens with zero attached hydrogens (tertiary/aromatic N) is 1. The van der Waals surface area contributed by atoms with Crippen LogP contribution in [0.1, 0.15) is 10.7 Å². The van der Waals surface area contributed by atoms with E-state index in [9.17, 15) is 0 Å². The van der Waals surface area contributed by atoms with E-state index in [1.807, 2.05) is 6.92 Å². The highest BCUT2D eigenvalue weighted by molar-refractivity contribution is 14.1. The van der Waals surface area contributed by atoms with Crippen LogP contribution in [0.3, 0.4) is 0 Å². The molecule has 0 spiro atoms. The minimum Gasteiger partial charge on any atom is -0.310 e. The molecule has 0 atom stereocenters. The van der Waals surface area contributed by atoms with Gasteiger partial charge in [-0.1, -0.05) is 22.6 Å². The molecule has 1 aromatic rings. The van der Waals surface area contributed by atoms with E-state index in [1.54, 1.807) is 11.3 Å². The first kappa shape index (κ1) is 9.41. The Balaban J connectivity index is 2.27. The van der Waals surface area contributed by atoms with Crippen molar-refractivity contribution >= 4 is 33.9 Å². The van der Waals surface area contributed by atoms with E-state index < -0.39 is 0 Å². The molecule has 0 aliphatic heterocycles. The predicted molar refractivity (Wildman–Crippen MR) is 57.4 cm³/mol. The highest BCUT2D eigenvalue weighted by Gasteiger charge is 1.95. The van der Waals surface area contributed by atoms with Crippen LogP contribution in [0.2, 0.25) is 0 Å². The van der Waals surface area contributed by atoms with Gasteiger partial charge in [0.15, 0.2) is 0 Å². The second-order valence-electron chi connectivity index (χ2n) is 2.22. The number of nitrogens with one attached hydrogen (secondary N) is 1. The van der Waals surface area contributed by atoms with E-state index in [4.69, 9.17) is 0 Å². The summed E-state index contributed by atoms with van der Waals surface area (Å²) in [7, 11) is 0. The molecule has 0 bridgehead atoms. The molecule has 0 saturated heterocycles. The molecule has 62 valence electrons. The maximum absolute atomic E-state index is 4.34. The number of halogens is 1. The first-order chi connectivity index (χ1) is 5.33. The van der Waals surface area contributed by atoms with Gasteiger partial charge in [-0.2, -0.15) is 0 Å². The summed E-state index contributed by atoms with van der Waals surface area (Å²) in [6.45, 7) is 4.01. The summed E-state index contributed by atoms with van der Waals surface area (Å²) < 4.78 is 1.15. The van der Waals surface area contributed by atoms with E-state index in [0.717, 1.165) is 28.2 Å². The molecule has 4 heteroatoms. The Morgan fingerprint density at radius 2 is 2.55 bits per heavy atom. The summed E-state index contributed by atoms with van der Waals surface area (Å²) >= 11 is 4.06. The summed E-state index contributed by atoms with van der Waals surface area (Å²) in [6.07, 6.45) is 0. The smallest absolute Gasteiger partial charge is 0.0897 e. The van der Waals surface area contributed by atoms with Gasteiger partial charge in [-0.15, -0.1) is 11.3 Å². The zero-order valence-corrected chi connectivity index (χ0v) is 9.41. The van der Waals surface area contributed by atoms with Crippen molar-refractivity contribution in [2.45, 2.75) is 13.5 Å². The van der Waals surface area contributed by atoms with E-state index in [-0.39, 0.29) is 0 Å². The SMILES string of the molecule is Cc1nc(CNCCI)cs1. The normalized spacial score (nSPS) is 10.4. The largest absolute Gasteiger partial charge is 0.310 e. The highest BCUT2D eigenvalue weighted by Crippen LogP contribution is 2.06. The first-order valence-corrected chi connectivity index (χ1v) is 5.91. The van der Waals surface area contributed by atoms with Crippen LogP contribution in [0, 0.1) is 6.92 Å². The Labute approximate surface area is 84.6 Å². The van der Waals surface area contributed by atoms with Crippen molar-refractivity contribution in [3.05, 3.63) is 16.1 Å². The monoisotopic (exact) mass is 282 g/mol. The Morgan fingerprint density at radius 3 is 3.09 bits per heavy atom. The third-order valence-electron chi connectivity index (χ3n) is 1.24. The summed E-state index contributed by atoms with van der Waals surface area (Å²) in [5.41, 5.74) is 1.16. The minimum atomic E-state index is 0.910. The van der Waals surface area contributed by atoms with E-state index in [1.165, 1.54) is 0 Å². The lowest BCUT2D eigenvalue weighted by Gasteiger charge is -1.96. The topological polar surface area (TPSA) is 24.9 Å². The Bertz CT molecular complexity index is 212. The number of aromatic nitrogens is 1. The fourth-order valence-corrected chi connectivity index (χ4v) is 1.77. The molecule has 11 heavy (non-hydrogen) atoms. The van der Waals surface area contributed by atoms with Gasteiger partial charge in [0.2, 0.25) is 0 Å². The van der Waals surface area contributed by atoms with Gasteiger partial charge in [-0.3, -0.25) is 0 Å². The van der Waals surface area contributed by atoms with Crippen molar-refractivity contribution < 1.29 is 0 Å². The van der Waals surface area contributed by atoms with Gasteiger partial charge in [0.25, 0.3) is 0 Å². The maximum atomic E-state index is 4.34. The molecule has 0 radical (unpaired) electrons. The van der Waals surface area contributed by atoms with Crippen LogP contribution in [-0.2, 0) is 6.54 Å². The van der Waals surface area contributed by atoms with Crippen LogP contribution in [0.5, 0.6) is 0 Å². The van der Waals surface area contributed by atoms with Gasteiger partial charge in [-0.25, -0.2) is 4.98 Å². The lowest BCUT2D eigenvalue weighted by Crippen LogP contribution is -2.15. The standard InChI is InChI=1S/C7H11IN2S/c1-6-10-7(5-11-6)4-9-3-2-8/h5,9H,2-4H2,1H3. The third kappa shape index (κ3) is 3.48. The lowest BCUT2D eigenvalue weighted by molar-refractivity contribution is 0.722. The first-order valence-electron chi connectivity index (χ1n) is 3.50. The van der Waals surface area contributed by atoms with Gasteiger partial charge in [-0.05, 0) is 6.92 Å². The number of aryl methyl sites for hydroxylation is 1. The maximum Gasteiger partial charge on any atom is 0.0897 e. The van der Waals surface area contributed by atoms with Crippen LogP contribution in [0.4, 0.5) is 0 Å². The van der Waals surface area contributed by atoms with Crippen LogP contribution >= 0.6 is 33.9 Å². The highest BCUT2D eigenvalue weighted by atomic mass is 127. The molecule has 1 rings (SSSR count). The van der Waals surface area contributed by atoms with Crippen molar-refractivity contribution in [3.8, 4) is 0 Å². The van der Waals surface area contributed by atoms with Crippen LogP contribution in [0.15, 0.2) is 5.38 Å². The van der Waals surface area contributed by atoms with E-state index >= 15 is 0 Å². The van der Waals surface area contributed by atoms with Crippen molar-refractivity contribution in [1.82, 2.24) is 10.3 Å². The van der Waals surface area contributed by atoms with Gasteiger partial charge < -0.3 is 5.32 Å². The van der Waals surface area contributed by atoms with Crippen LogP contribution in [0.25, 0.3) is 0 Å². The molecule has 0 amide bonds. The molecule has 0 aliphatic rings. The number of rotatable bonds is 4. The number of alkyl halides is 1. The van der Waals surface area contributed by atoms with Crippen LogP contribution < -0.4 is 5.32 Å². The fraction of sp³-hybridized carbons (Fsp3) is 0.571. The third-order valence-corrected chi connectivity index (χ3v) is 2.61. The summed E-state index contributed by atoms with van der Waals surface area (Å²) in [4.78, 5) is 4.34. The van der Waals surface area contributed by atoms with Gasteiger partial charge in [0.05, 0.1) is 10.7 Å². The van der Waals surface area contributed by atoms with Crippen molar-refractivity contribution in [3.63, 3.8) is 0 Å². The molecule has 0 fully saturated rings. The van der Waals surface area contributed by atoms with E-state index in [0.29, 0.717) is 0 Å². The van der Waals surface area contributed by atoms with Crippen molar-refractivity contribution in [1.29, 1.82) is 0 Å². The lowest BCUT2D eigenvalue weighted by atomic mass is 10.5. The molecule has 0 aromatic carbocycles. The Kier molecular flexibility index (Phi) is 4.32. The van der Waals surface area contributed by atoms with Crippen molar-refractivity contribution in [2.75, 3.05) is 11.0 Å². The van der Waals surface area contributed by atoms with Crippen molar-refractivity contribution in [2.24, 2.45) is 0 Å². The van der Waals surface area contributed by atoms with Gasteiger partial charge in [0, 0.05) is 22.9 Å². The number of thiazole rings is 1. The number of hydrogen-bond donors (Lipinski definition) is 1. The van der Waals surface area contributed by atoms with Gasteiger partial charge in [0.1, 0.15) is 0 Å². The Hall–Kier alpha value is 0.320. The molecule has 1 aromatic heterocycles. The zero-order valence-electron chi connectivity index (χ0n) is 6.43. The van der Waals surface area contributed by atoms with Crippen LogP contribution in [-0.4, -0.2) is 16.0 Å². The summed E-state index contributed by atoms with van der Waals surface area (Å²) in [6, 6.07) is 0. The minimum absolute atomic E-state index is 0.910. The number of hydrogen-bond acceptors (Lipinski definition) is 3. The summed E-state index contributed by atoms with van der Waals surface area (Å²) in [5.74, 6) is 0.